The highest BCUT2D eigenvalue weighted by atomic mass is 16.4. The number of rotatable bonds is 5. The van der Waals surface area contributed by atoms with Gasteiger partial charge in [-0.25, -0.2) is 0 Å². The monoisotopic (exact) mass is 268 g/mol. The summed E-state index contributed by atoms with van der Waals surface area (Å²) in [6.07, 6.45) is 4.35. The van der Waals surface area contributed by atoms with E-state index < -0.39 is 5.97 Å². The Morgan fingerprint density at radius 1 is 1.26 bits per heavy atom. The van der Waals surface area contributed by atoms with Crippen LogP contribution >= 0.6 is 0 Å². The van der Waals surface area contributed by atoms with Crippen LogP contribution in [0.3, 0.4) is 0 Å². The first-order valence-electron chi connectivity index (χ1n) is 7.32. The molecule has 19 heavy (non-hydrogen) atoms. The second-order valence-electron chi connectivity index (χ2n) is 5.96. The number of carboxylic acids is 1. The molecule has 0 aromatic rings. The van der Waals surface area contributed by atoms with E-state index in [1.165, 1.54) is 12.8 Å². The molecule has 108 valence electrons. The highest BCUT2D eigenvalue weighted by molar-refractivity contribution is 5.81. The van der Waals surface area contributed by atoms with Crippen molar-refractivity contribution in [2.75, 3.05) is 19.6 Å². The molecule has 2 fully saturated rings. The van der Waals surface area contributed by atoms with Crippen LogP contribution in [0.25, 0.3) is 0 Å². The normalized spacial score (nSPS) is 29.3. The summed E-state index contributed by atoms with van der Waals surface area (Å²) in [6.45, 7) is 5.19. The standard InChI is InChI=1S/C14H24N2O3/c1-10(9-16-6-2-3-7-16)15-13(17)11-4-5-12(8-11)14(18)19/h10-12H,2-9H2,1H3,(H,15,17)(H,18,19)/t10?,11-,12+/m1/s1. The maximum Gasteiger partial charge on any atom is 0.306 e. The molecule has 1 heterocycles. The molecule has 1 saturated heterocycles. The summed E-state index contributed by atoms with van der Waals surface area (Å²) >= 11 is 0. The van der Waals surface area contributed by atoms with E-state index in [0.717, 1.165) is 19.6 Å². The van der Waals surface area contributed by atoms with E-state index in [1.54, 1.807) is 0 Å². The molecule has 5 nitrogen and oxygen atoms in total. The number of nitrogens with zero attached hydrogens (tertiary/aromatic N) is 1. The topological polar surface area (TPSA) is 69.6 Å². The molecule has 1 amide bonds. The lowest BCUT2D eigenvalue weighted by Gasteiger charge is -2.22. The van der Waals surface area contributed by atoms with Crippen molar-refractivity contribution in [3.63, 3.8) is 0 Å². The van der Waals surface area contributed by atoms with Gasteiger partial charge in [0.25, 0.3) is 0 Å². The van der Waals surface area contributed by atoms with Crippen LogP contribution in [0.5, 0.6) is 0 Å². The van der Waals surface area contributed by atoms with Gasteiger partial charge in [0.1, 0.15) is 0 Å². The van der Waals surface area contributed by atoms with Gasteiger partial charge in [-0.1, -0.05) is 0 Å². The van der Waals surface area contributed by atoms with Gasteiger partial charge in [-0.15, -0.1) is 0 Å². The third-order valence-corrected chi connectivity index (χ3v) is 4.27. The van der Waals surface area contributed by atoms with Crippen molar-refractivity contribution in [3.8, 4) is 0 Å². The molecule has 2 N–H and O–H groups in total. The van der Waals surface area contributed by atoms with Crippen LogP contribution in [0.2, 0.25) is 0 Å². The molecule has 1 aliphatic heterocycles. The van der Waals surface area contributed by atoms with Crippen LogP contribution in [0.15, 0.2) is 0 Å². The summed E-state index contributed by atoms with van der Waals surface area (Å²) in [5.41, 5.74) is 0. The van der Waals surface area contributed by atoms with Crippen molar-refractivity contribution in [3.05, 3.63) is 0 Å². The largest absolute Gasteiger partial charge is 0.481 e. The zero-order chi connectivity index (χ0) is 13.8. The number of amides is 1. The highest BCUT2D eigenvalue weighted by Gasteiger charge is 2.34. The van der Waals surface area contributed by atoms with Gasteiger partial charge < -0.3 is 15.3 Å². The first-order chi connectivity index (χ1) is 9.06. The number of carboxylic acid groups (broad SMARTS) is 1. The average molecular weight is 268 g/mol. The molecule has 3 atom stereocenters. The number of carbonyl (C=O) groups is 2. The average Bonchev–Trinajstić information content (AvgIpc) is 2.98. The quantitative estimate of drug-likeness (QED) is 0.783. The summed E-state index contributed by atoms with van der Waals surface area (Å²) in [4.78, 5) is 25.3. The van der Waals surface area contributed by atoms with Crippen molar-refractivity contribution >= 4 is 11.9 Å². The highest BCUT2D eigenvalue weighted by Crippen LogP contribution is 2.31. The zero-order valence-corrected chi connectivity index (χ0v) is 11.6. The fourth-order valence-corrected chi connectivity index (χ4v) is 3.20. The van der Waals surface area contributed by atoms with Crippen molar-refractivity contribution in [2.24, 2.45) is 11.8 Å². The van der Waals surface area contributed by atoms with E-state index in [2.05, 4.69) is 10.2 Å². The van der Waals surface area contributed by atoms with E-state index in [-0.39, 0.29) is 23.8 Å². The predicted octanol–water partition coefficient (Wildman–Crippen LogP) is 1.09. The van der Waals surface area contributed by atoms with E-state index in [9.17, 15) is 9.59 Å². The Balaban J connectivity index is 1.73. The molecule has 0 bridgehead atoms. The lowest BCUT2D eigenvalue weighted by molar-refractivity contribution is -0.141. The Morgan fingerprint density at radius 2 is 1.89 bits per heavy atom. The van der Waals surface area contributed by atoms with Gasteiger partial charge in [0.05, 0.1) is 5.92 Å². The molecular weight excluding hydrogens is 244 g/mol. The summed E-state index contributed by atoms with van der Waals surface area (Å²) in [6, 6.07) is 0.148. The molecule has 2 rings (SSSR count). The number of aliphatic carboxylic acids is 1. The first kappa shape index (κ1) is 14.3. The predicted molar refractivity (Wildman–Crippen MR) is 71.7 cm³/mol. The molecule has 1 unspecified atom stereocenters. The van der Waals surface area contributed by atoms with Gasteiger partial charge in [-0.05, 0) is 52.1 Å². The molecule has 2 aliphatic rings. The van der Waals surface area contributed by atoms with Crippen molar-refractivity contribution in [1.29, 1.82) is 0 Å². The van der Waals surface area contributed by atoms with Gasteiger partial charge in [-0.3, -0.25) is 9.59 Å². The molecular formula is C14H24N2O3. The number of nitrogens with one attached hydrogen (secondary N) is 1. The minimum Gasteiger partial charge on any atom is -0.481 e. The van der Waals surface area contributed by atoms with Crippen LogP contribution in [0.4, 0.5) is 0 Å². The molecule has 0 aromatic heterocycles. The number of hydrogen-bond donors (Lipinski definition) is 2. The maximum atomic E-state index is 12.1. The first-order valence-corrected chi connectivity index (χ1v) is 7.32. The molecule has 1 saturated carbocycles. The minimum absolute atomic E-state index is 0.0375. The number of likely N-dealkylation sites (tertiary alicyclic amines) is 1. The van der Waals surface area contributed by atoms with E-state index in [1.807, 2.05) is 6.92 Å². The summed E-state index contributed by atoms with van der Waals surface area (Å²) in [5, 5.41) is 12.0. The van der Waals surface area contributed by atoms with Crippen LogP contribution in [0, 0.1) is 11.8 Å². The Labute approximate surface area is 114 Å². The van der Waals surface area contributed by atoms with Gasteiger partial charge in [0.15, 0.2) is 0 Å². The fourth-order valence-electron chi connectivity index (χ4n) is 3.20. The molecule has 0 spiro atoms. The molecule has 0 radical (unpaired) electrons. The molecule has 0 aromatic carbocycles. The molecule has 1 aliphatic carbocycles. The Hall–Kier alpha value is -1.10. The minimum atomic E-state index is -0.764. The van der Waals surface area contributed by atoms with Crippen LogP contribution in [-0.4, -0.2) is 47.6 Å². The van der Waals surface area contributed by atoms with Gasteiger partial charge in [-0.2, -0.15) is 0 Å². The Bertz CT molecular complexity index is 340. The lowest BCUT2D eigenvalue weighted by atomic mass is 10.0. The Kier molecular flexibility index (Phi) is 4.80. The van der Waals surface area contributed by atoms with Crippen LogP contribution in [0.1, 0.15) is 39.0 Å². The molecule has 5 heteroatoms. The summed E-state index contributed by atoms with van der Waals surface area (Å²) in [5.74, 6) is -1.16. The van der Waals surface area contributed by atoms with Gasteiger partial charge in [0.2, 0.25) is 5.91 Å². The zero-order valence-electron chi connectivity index (χ0n) is 11.6. The smallest absolute Gasteiger partial charge is 0.306 e. The third-order valence-electron chi connectivity index (χ3n) is 4.27. The number of hydrogen-bond acceptors (Lipinski definition) is 3. The maximum absolute atomic E-state index is 12.1. The van der Waals surface area contributed by atoms with Crippen LogP contribution < -0.4 is 5.32 Å². The Morgan fingerprint density at radius 3 is 2.47 bits per heavy atom. The fraction of sp³-hybridized carbons (Fsp3) is 0.857. The van der Waals surface area contributed by atoms with Crippen LogP contribution in [-0.2, 0) is 9.59 Å². The van der Waals surface area contributed by atoms with E-state index in [0.29, 0.717) is 19.3 Å². The SMILES string of the molecule is CC(CN1CCCC1)NC(=O)[C@@H]1CC[C@H](C(=O)O)C1. The van der Waals surface area contributed by atoms with Crippen molar-refractivity contribution < 1.29 is 14.7 Å². The van der Waals surface area contributed by atoms with Gasteiger partial charge >= 0.3 is 5.97 Å². The number of carbonyl (C=O) groups excluding carboxylic acids is 1. The summed E-state index contributed by atoms with van der Waals surface area (Å²) in [7, 11) is 0. The second kappa shape index (κ2) is 6.37. The second-order valence-corrected chi connectivity index (χ2v) is 5.96. The van der Waals surface area contributed by atoms with Crippen molar-refractivity contribution in [1.82, 2.24) is 10.2 Å². The lowest BCUT2D eigenvalue weighted by Crippen LogP contribution is -2.43. The third kappa shape index (κ3) is 3.93. The summed E-state index contributed by atoms with van der Waals surface area (Å²) < 4.78 is 0. The van der Waals surface area contributed by atoms with Gasteiger partial charge in [0, 0.05) is 18.5 Å². The van der Waals surface area contributed by atoms with Crippen molar-refractivity contribution in [2.45, 2.75) is 45.1 Å². The van der Waals surface area contributed by atoms with E-state index >= 15 is 0 Å². The van der Waals surface area contributed by atoms with E-state index in [4.69, 9.17) is 5.11 Å².